The molecule has 0 bridgehead atoms. The van der Waals surface area contributed by atoms with Crippen molar-refractivity contribution in [1.29, 1.82) is 0 Å². The summed E-state index contributed by atoms with van der Waals surface area (Å²) >= 11 is 1.43. The largest absolute Gasteiger partial charge is 0.302 e. The zero-order chi connectivity index (χ0) is 14.7. The fraction of sp³-hybridized carbons (Fsp3) is 0.333. The van der Waals surface area contributed by atoms with Crippen molar-refractivity contribution in [2.45, 2.75) is 33.6 Å². The number of anilines is 1. The van der Waals surface area contributed by atoms with E-state index in [4.69, 9.17) is 0 Å². The Morgan fingerprint density at radius 3 is 2.68 bits per heavy atom. The van der Waals surface area contributed by atoms with E-state index in [1.807, 2.05) is 38.3 Å². The SMILES string of the molecule is C=C/C=C\C(=C)CCC(=O)Nc1nc(C)cs1.CC. The number of aryl methyl sites for hydroxylation is 1. The van der Waals surface area contributed by atoms with E-state index in [9.17, 15) is 4.79 Å². The molecule has 19 heavy (non-hydrogen) atoms. The molecule has 0 atom stereocenters. The first-order chi connectivity index (χ1) is 9.11. The second-order valence-electron chi connectivity index (χ2n) is 3.60. The summed E-state index contributed by atoms with van der Waals surface area (Å²) in [5.41, 5.74) is 1.83. The number of carbonyl (C=O) groups excluding carboxylic acids is 1. The third-order valence-electron chi connectivity index (χ3n) is 2.01. The predicted octanol–water partition coefficient (Wildman–Crippen LogP) is 4.49. The zero-order valence-corrected chi connectivity index (χ0v) is 12.7. The summed E-state index contributed by atoms with van der Waals surface area (Å²) < 4.78 is 0. The second kappa shape index (κ2) is 10.3. The molecule has 0 spiro atoms. The Hall–Kier alpha value is -1.68. The van der Waals surface area contributed by atoms with Gasteiger partial charge in [-0.2, -0.15) is 0 Å². The maximum atomic E-state index is 11.6. The first kappa shape index (κ1) is 17.3. The molecule has 1 aromatic heterocycles. The Balaban J connectivity index is 0.00000154. The van der Waals surface area contributed by atoms with Crippen LogP contribution in [0.25, 0.3) is 0 Å². The average Bonchev–Trinajstić information content (AvgIpc) is 2.81. The third-order valence-corrected chi connectivity index (χ3v) is 2.88. The van der Waals surface area contributed by atoms with E-state index >= 15 is 0 Å². The molecule has 0 aromatic carbocycles. The number of hydrogen-bond acceptors (Lipinski definition) is 3. The van der Waals surface area contributed by atoms with Crippen molar-refractivity contribution in [3.63, 3.8) is 0 Å². The van der Waals surface area contributed by atoms with Gasteiger partial charge in [0.25, 0.3) is 0 Å². The molecule has 0 aliphatic rings. The van der Waals surface area contributed by atoms with Gasteiger partial charge < -0.3 is 5.32 Å². The van der Waals surface area contributed by atoms with Gasteiger partial charge in [-0.3, -0.25) is 4.79 Å². The summed E-state index contributed by atoms with van der Waals surface area (Å²) in [7, 11) is 0. The van der Waals surface area contributed by atoms with Gasteiger partial charge in [-0.05, 0) is 13.3 Å². The van der Waals surface area contributed by atoms with E-state index in [2.05, 4.69) is 23.5 Å². The Labute approximate surface area is 119 Å². The fourth-order valence-electron chi connectivity index (χ4n) is 1.15. The molecule has 4 heteroatoms. The number of amides is 1. The molecule has 0 aliphatic heterocycles. The van der Waals surface area contributed by atoms with Gasteiger partial charge in [0.2, 0.25) is 5.91 Å². The van der Waals surface area contributed by atoms with Crippen LogP contribution in [0.4, 0.5) is 5.13 Å². The first-order valence-electron chi connectivity index (χ1n) is 6.30. The lowest BCUT2D eigenvalue weighted by Crippen LogP contribution is -2.10. The Kier molecular flexibility index (Phi) is 9.35. The molecule has 1 aromatic rings. The number of thiazole rings is 1. The number of aromatic nitrogens is 1. The maximum Gasteiger partial charge on any atom is 0.226 e. The quantitative estimate of drug-likeness (QED) is 0.779. The average molecular weight is 278 g/mol. The van der Waals surface area contributed by atoms with Gasteiger partial charge in [-0.15, -0.1) is 11.3 Å². The zero-order valence-electron chi connectivity index (χ0n) is 11.9. The molecule has 0 fully saturated rings. The Morgan fingerprint density at radius 2 is 2.16 bits per heavy atom. The van der Waals surface area contributed by atoms with Crippen molar-refractivity contribution in [1.82, 2.24) is 4.98 Å². The monoisotopic (exact) mass is 278 g/mol. The summed E-state index contributed by atoms with van der Waals surface area (Å²) in [4.78, 5) is 15.7. The first-order valence-corrected chi connectivity index (χ1v) is 7.18. The lowest BCUT2D eigenvalue weighted by molar-refractivity contribution is -0.116. The van der Waals surface area contributed by atoms with Crippen LogP contribution in [0.2, 0.25) is 0 Å². The number of nitrogens with one attached hydrogen (secondary N) is 1. The van der Waals surface area contributed by atoms with Crippen molar-refractivity contribution in [2.24, 2.45) is 0 Å². The molecule has 1 amide bonds. The smallest absolute Gasteiger partial charge is 0.226 e. The molecule has 1 rings (SSSR count). The van der Waals surface area contributed by atoms with E-state index in [1.165, 1.54) is 11.3 Å². The number of nitrogens with zero attached hydrogens (tertiary/aromatic N) is 1. The highest BCUT2D eigenvalue weighted by Crippen LogP contribution is 2.15. The predicted molar refractivity (Wildman–Crippen MR) is 84.5 cm³/mol. The standard InChI is InChI=1S/C13H16N2OS.C2H6/c1-4-5-6-10(2)7-8-12(16)15-13-14-11(3)9-17-13;1-2/h4-6,9H,1-2,7-8H2,3H3,(H,14,15,16);1-2H3/b6-5-;. The fourth-order valence-corrected chi connectivity index (χ4v) is 1.86. The number of allylic oxidation sites excluding steroid dienone is 4. The summed E-state index contributed by atoms with van der Waals surface area (Å²) in [6.45, 7) is 13.3. The van der Waals surface area contributed by atoms with Gasteiger partial charge in [0.05, 0.1) is 5.69 Å². The Bertz CT molecular complexity index is 447. The van der Waals surface area contributed by atoms with Crippen LogP contribution in [0.15, 0.2) is 42.3 Å². The third kappa shape index (κ3) is 8.11. The van der Waals surface area contributed by atoms with Crippen LogP contribution in [-0.2, 0) is 4.79 Å². The van der Waals surface area contributed by atoms with Crippen LogP contribution < -0.4 is 5.32 Å². The van der Waals surface area contributed by atoms with Crippen LogP contribution in [0, 0.1) is 6.92 Å². The molecule has 0 radical (unpaired) electrons. The summed E-state index contributed by atoms with van der Waals surface area (Å²) in [6.07, 6.45) is 6.40. The molecule has 0 saturated carbocycles. The van der Waals surface area contributed by atoms with E-state index in [0.717, 1.165) is 11.3 Å². The normalized spacial score (nSPS) is 9.63. The molecular weight excluding hydrogens is 256 g/mol. The molecule has 1 heterocycles. The van der Waals surface area contributed by atoms with Crippen molar-refractivity contribution in [2.75, 3.05) is 5.32 Å². The molecule has 0 aliphatic carbocycles. The minimum absolute atomic E-state index is 0.0347. The van der Waals surface area contributed by atoms with Gasteiger partial charge in [-0.25, -0.2) is 4.98 Å². The van der Waals surface area contributed by atoms with Crippen LogP contribution in [0.3, 0.4) is 0 Å². The van der Waals surface area contributed by atoms with Crippen molar-refractivity contribution in [3.05, 3.63) is 48.0 Å². The Morgan fingerprint density at radius 1 is 1.47 bits per heavy atom. The highest BCUT2D eigenvalue weighted by atomic mass is 32.1. The van der Waals surface area contributed by atoms with Crippen LogP contribution in [-0.4, -0.2) is 10.9 Å². The molecule has 3 nitrogen and oxygen atoms in total. The van der Waals surface area contributed by atoms with Crippen molar-refractivity contribution in [3.8, 4) is 0 Å². The minimum atomic E-state index is -0.0347. The lowest BCUT2D eigenvalue weighted by atomic mass is 10.1. The second-order valence-corrected chi connectivity index (χ2v) is 4.45. The highest BCUT2D eigenvalue weighted by molar-refractivity contribution is 7.13. The lowest BCUT2D eigenvalue weighted by Gasteiger charge is -2.01. The number of rotatable bonds is 6. The number of hydrogen-bond donors (Lipinski definition) is 1. The maximum absolute atomic E-state index is 11.6. The van der Waals surface area contributed by atoms with Gasteiger partial charge in [0.15, 0.2) is 5.13 Å². The molecule has 0 saturated heterocycles. The van der Waals surface area contributed by atoms with Crippen LogP contribution in [0.1, 0.15) is 32.4 Å². The van der Waals surface area contributed by atoms with Gasteiger partial charge in [-0.1, -0.05) is 50.8 Å². The molecule has 104 valence electrons. The summed E-state index contributed by atoms with van der Waals surface area (Å²) in [6, 6.07) is 0. The van der Waals surface area contributed by atoms with Crippen LogP contribution in [0.5, 0.6) is 0 Å². The van der Waals surface area contributed by atoms with E-state index in [-0.39, 0.29) is 5.91 Å². The highest BCUT2D eigenvalue weighted by Gasteiger charge is 2.05. The van der Waals surface area contributed by atoms with E-state index in [0.29, 0.717) is 18.0 Å². The van der Waals surface area contributed by atoms with Gasteiger partial charge in [0, 0.05) is 11.8 Å². The molecular formula is C15H22N2OS. The summed E-state index contributed by atoms with van der Waals surface area (Å²) in [5, 5.41) is 5.31. The molecule has 0 unspecified atom stereocenters. The molecule has 1 N–H and O–H groups in total. The van der Waals surface area contributed by atoms with Gasteiger partial charge >= 0.3 is 0 Å². The van der Waals surface area contributed by atoms with E-state index in [1.54, 1.807) is 6.08 Å². The van der Waals surface area contributed by atoms with E-state index < -0.39 is 0 Å². The van der Waals surface area contributed by atoms with Crippen molar-refractivity contribution < 1.29 is 4.79 Å². The van der Waals surface area contributed by atoms with Crippen LogP contribution >= 0.6 is 11.3 Å². The minimum Gasteiger partial charge on any atom is -0.302 e. The topological polar surface area (TPSA) is 42.0 Å². The van der Waals surface area contributed by atoms with Gasteiger partial charge in [0.1, 0.15) is 0 Å². The number of carbonyl (C=O) groups is 1. The summed E-state index contributed by atoms with van der Waals surface area (Å²) in [5.74, 6) is -0.0347. The van der Waals surface area contributed by atoms with Crippen molar-refractivity contribution >= 4 is 22.4 Å².